The molecule has 1 aromatic carbocycles. The minimum absolute atomic E-state index is 0.205. The first-order valence-corrected chi connectivity index (χ1v) is 4.36. The number of hydrogen-bond donors (Lipinski definition) is 0. The van der Waals surface area contributed by atoms with Gasteiger partial charge in [0.2, 0.25) is 0 Å². The maximum absolute atomic E-state index is 10.4. The van der Waals surface area contributed by atoms with Crippen molar-refractivity contribution in [2.24, 2.45) is 4.99 Å². The van der Waals surface area contributed by atoms with Crippen LogP contribution in [0.5, 0.6) is 0 Å². The molecule has 1 atom stereocenters. The molecule has 0 aromatic heterocycles. The van der Waals surface area contributed by atoms with Crippen LogP contribution in [0.1, 0.15) is 18.9 Å². The third kappa shape index (κ3) is 1.39. The third-order valence-corrected chi connectivity index (χ3v) is 2.35. The van der Waals surface area contributed by atoms with Crippen LogP contribution in [0, 0.1) is 0 Å². The van der Waals surface area contributed by atoms with Crippen molar-refractivity contribution in [3.8, 4) is 0 Å². The Balaban J connectivity index is 2.16. The Morgan fingerprint density at radius 2 is 2.08 bits per heavy atom. The summed E-state index contributed by atoms with van der Waals surface area (Å²) >= 11 is 0. The topological polar surface area (TPSA) is 29.4 Å². The van der Waals surface area contributed by atoms with E-state index in [1.165, 1.54) is 0 Å². The molecular formula is C11H11NO. The molecule has 0 fully saturated rings. The predicted molar refractivity (Wildman–Crippen MR) is 52.1 cm³/mol. The zero-order valence-electron chi connectivity index (χ0n) is 7.53. The van der Waals surface area contributed by atoms with Crippen molar-refractivity contribution in [3.63, 3.8) is 0 Å². The summed E-state index contributed by atoms with van der Waals surface area (Å²) < 4.78 is 0. The first-order valence-electron chi connectivity index (χ1n) is 4.36. The van der Waals surface area contributed by atoms with Crippen molar-refractivity contribution in [1.29, 1.82) is 0 Å². The largest absolute Gasteiger partial charge is 0.303 e. The van der Waals surface area contributed by atoms with Gasteiger partial charge in [0.15, 0.2) is 0 Å². The van der Waals surface area contributed by atoms with Gasteiger partial charge in [0, 0.05) is 6.42 Å². The molecule has 2 rings (SSSR count). The maximum atomic E-state index is 10.4. The Labute approximate surface area is 77.3 Å². The van der Waals surface area contributed by atoms with Crippen molar-refractivity contribution in [3.05, 3.63) is 35.9 Å². The Kier molecular flexibility index (Phi) is 1.76. The molecule has 0 bridgehead atoms. The van der Waals surface area contributed by atoms with Gasteiger partial charge in [-0.25, -0.2) is 0 Å². The molecule has 2 nitrogen and oxygen atoms in total. The van der Waals surface area contributed by atoms with E-state index in [4.69, 9.17) is 0 Å². The average molecular weight is 173 g/mol. The monoisotopic (exact) mass is 173 g/mol. The zero-order chi connectivity index (χ0) is 9.31. The zero-order valence-corrected chi connectivity index (χ0v) is 7.53. The van der Waals surface area contributed by atoms with E-state index in [0.717, 1.165) is 17.6 Å². The van der Waals surface area contributed by atoms with Crippen LogP contribution < -0.4 is 0 Å². The standard InChI is InChI=1S/C11H11NO/c1-11(7-8-13)10(12-11)9-5-3-2-4-6-9/h2-6,8H,7H2,1H3. The maximum Gasteiger partial charge on any atom is 0.122 e. The number of rotatable bonds is 3. The average Bonchev–Trinajstić information content (AvgIpc) is 2.80. The number of carbonyl (C=O) groups is 1. The number of nitrogens with zero attached hydrogens (tertiary/aromatic N) is 1. The number of aliphatic imine (C=N–C) groups is 1. The summed E-state index contributed by atoms with van der Waals surface area (Å²) in [4.78, 5) is 14.7. The van der Waals surface area contributed by atoms with Gasteiger partial charge in [-0.1, -0.05) is 30.3 Å². The molecule has 0 spiro atoms. The lowest BCUT2D eigenvalue weighted by Gasteiger charge is -2.02. The molecule has 1 heterocycles. The van der Waals surface area contributed by atoms with Crippen LogP contribution in [0.15, 0.2) is 35.3 Å². The molecule has 0 amide bonds. The number of carbonyl (C=O) groups excluding carboxylic acids is 1. The van der Waals surface area contributed by atoms with Crippen LogP contribution in [0.3, 0.4) is 0 Å². The molecule has 1 aliphatic rings. The van der Waals surface area contributed by atoms with Gasteiger partial charge >= 0.3 is 0 Å². The van der Waals surface area contributed by atoms with Crippen LogP contribution in [-0.2, 0) is 4.79 Å². The fourth-order valence-corrected chi connectivity index (χ4v) is 1.49. The third-order valence-electron chi connectivity index (χ3n) is 2.35. The lowest BCUT2D eigenvalue weighted by Crippen LogP contribution is -2.14. The summed E-state index contributed by atoms with van der Waals surface area (Å²) in [6, 6.07) is 9.99. The lowest BCUT2D eigenvalue weighted by atomic mass is 9.98. The molecule has 0 aliphatic carbocycles. The SMILES string of the molecule is CC1(CC=O)N=C1c1ccccc1. The summed E-state index contributed by atoms with van der Waals surface area (Å²) in [5, 5.41) is 0. The van der Waals surface area contributed by atoms with Gasteiger partial charge in [-0.15, -0.1) is 0 Å². The van der Waals surface area contributed by atoms with Gasteiger partial charge in [-0.3, -0.25) is 4.99 Å². The fraction of sp³-hybridized carbons (Fsp3) is 0.273. The highest BCUT2D eigenvalue weighted by atomic mass is 16.1. The van der Waals surface area contributed by atoms with Crippen LogP contribution >= 0.6 is 0 Å². The molecule has 1 aliphatic heterocycles. The van der Waals surface area contributed by atoms with Crippen molar-refractivity contribution in [1.82, 2.24) is 0 Å². The molecule has 13 heavy (non-hydrogen) atoms. The van der Waals surface area contributed by atoms with Crippen molar-refractivity contribution >= 4 is 12.0 Å². The Hall–Kier alpha value is -1.44. The molecule has 0 saturated heterocycles. The van der Waals surface area contributed by atoms with Gasteiger partial charge in [-0.2, -0.15) is 0 Å². The molecule has 2 heteroatoms. The summed E-state index contributed by atoms with van der Waals surface area (Å²) in [7, 11) is 0. The van der Waals surface area contributed by atoms with Gasteiger partial charge in [0.25, 0.3) is 0 Å². The highest BCUT2D eigenvalue weighted by molar-refractivity contribution is 6.17. The smallest absolute Gasteiger partial charge is 0.122 e. The van der Waals surface area contributed by atoms with E-state index in [-0.39, 0.29) is 5.54 Å². The molecule has 0 radical (unpaired) electrons. The second kappa shape index (κ2) is 2.80. The number of aldehydes is 1. The van der Waals surface area contributed by atoms with Gasteiger partial charge < -0.3 is 4.79 Å². The van der Waals surface area contributed by atoms with E-state index in [2.05, 4.69) is 4.99 Å². The minimum Gasteiger partial charge on any atom is -0.303 e. The normalized spacial score (nSPS) is 25.2. The summed E-state index contributed by atoms with van der Waals surface area (Å²) in [5.74, 6) is 0. The number of benzene rings is 1. The second-order valence-electron chi connectivity index (χ2n) is 3.47. The van der Waals surface area contributed by atoms with Crippen molar-refractivity contribution in [2.75, 3.05) is 0 Å². The van der Waals surface area contributed by atoms with Gasteiger partial charge in [0.1, 0.15) is 11.8 Å². The molecule has 0 N–H and O–H groups in total. The first kappa shape index (κ1) is 8.17. The Morgan fingerprint density at radius 3 is 2.69 bits per heavy atom. The van der Waals surface area contributed by atoms with E-state index in [1.54, 1.807) is 0 Å². The Bertz CT molecular complexity index is 356. The van der Waals surface area contributed by atoms with Gasteiger partial charge in [0.05, 0.1) is 5.71 Å². The summed E-state index contributed by atoms with van der Waals surface area (Å²) in [5.41, 5.74) is 1.98. The summed E-state index contributed by atoms with van der Waals surface area (Å²) in [6.45, 7) is 1.99. The quantitative estimate of drug-likeness (QED) is 0.641. The molecule has 1 aromatic rings. The van der Waals surface area contributed by atoms with Crippen LogP contribution in [-0.4, -0.2) is 17.5 Å². The summed E-state index contributed by atoms with van der Waals surface area (Å²) in [6.07, 6.45) is 1.43. The second-order valence-corrected chi connectivity index (χ2v) is 3.47. The Morgan fingerprint density at radius 1 is 1.38 bits per heavy atom. The predicted octanol–water partition coefficient (Wildman–Crippen LogP) is 1.84. The van der Waals surface area contributed by atoms with E-state index in [9.17, 15) is 4.79 Å². The van der Waals surface area contributed by atoms with Crippen LogP contribution in [0.25, 0.3) is 0 Å². The first-order chi connectivity index (χ1) is 6.26. The van der Waals surface area contributed by atoms with Crippen LogP contribution in [0.4, 0.5) is 0 Å². The molecular weight excluding hydrogens is 162 g/mol. The van der Waals surface area contributed by atoms with E-state index in [0.29, 0.717) is 6.42 Å². The minimum atomic E-state index is -0.205. The lowest BCUT2D eigenvalue weighted by molar-refractivity contribution is -0.108. The molecule has 0 saturated carbocycles. The highest BCUT2D eigenvalue weighted by Crippen LogP contribution is 2.34. The van der Waals surface area contributed by atoms with E-state index < -0.39 is 0 Å². The van der Waals surface area contributed by atoms with Crippen LogP contribution in [0.2, 0.25) is 0 Å². The molecule has 66 valence electrons. The van der Waals surface area contributed by atoms with Crippen molar-refractivity contribution < 1.29 is 4.79 Å². The van der Waals surface area contributed by atoms with E-state index >= 15 is 0 Å². The molecule has 1 unspecified atom stereocenters. The van der Waals surface area contributed by atoms with Crippen molar-refractivity contribution in [2.45, 2.75) is 18.9 Å². The highest BCUT2D eigenvalue weighted by Gasteiger charge is 2.42. The van der Waals surface area contributed by atoms with Gasteiger partial charge in [-0.05, 0) is 12.5 Å². The van der Waals surface area contributed by atoms with E-state index in [1.807, 2.05) is 37.3 Å². The fourth-order valence-electron chi connectivity index (χ4n) is 1.49. The number of hydrogen-bond acceptors (Lipinski definition) is 2.